The third-order valence-corrected chi connectivity index (χ3v) is 5.41. The van der Waals surface area contributed by atoms with E-state index in [9.17, 15) is 13.5 Å². The molecule has 0 radical (unpaired) electrons. The van der Waals surface area contributed by atoms with Crippen molar-refractivity contribution >= 4 is 32.7 Å². The molecule has 0 bridgehead atoms. The Labute approximate surface area is 139 Å². The van der Waals surface area contributed by atoms with Gasteiger partial charge in [0.2, 0.25) is 10.0 Å². The Balaban J connectivity index is 1.90. The fourth-order valence-corrected chi connectivity index (χ4v) is 3.14. The molecule has 24 heavy (non-hydrogen) atoms. The van der Waals surface area contributed by atoms with E-state index in [1.165, 1.54) is 32.4 Å². The van der Waals surface area contributed by atoms with Crippen molar-refractivity contribution in [2.75, 3.05) is 14.1 Å². The van der Waals surface area contributed by atoms with E-state index in [1.807, 2.05) is 18.2 Å². The first-order chi connectivity index (χ1) is 11.4. The molecule has 0 amide bonds. The summed E-state index contributed by atoms with van der Waals surface area (Å²) in [7, 11) is -0.492. The Kier molecular flexibility index (Phi) is 4.13. The Bertz CT molecular complexity index is 1000. The second kappa shape index (κ2) is 6.10. The van der Waals surface area contributed by atoms with Crippen molar-refractivity contribution in [3.8, 4) is 5.95 Å². The minimum Gasteiger partial charge on any atom is -0.480 e. The van der Waals surface area contributed by atoms with E-state index in [-0.39, 0.29) is 10.8 Å². The molecule has 2 aromatic carbocycles. The zero-order chi connectivity index (χ0) is 17.3. The molecule has 6 nitrogen and oxygen atoms in total. The largest absolute Gasteiger partial charge is 0.480 e. The number of hydrogen-bond acceptors (Lipinski definition) is 5. The predicted octanol–water partition coefficient (Wildman–Crippen LogP) is 3.14. The van der Waals surface area contributed by atoms with Gasteiger partial charge >= 0.3 is 0 Å². The molecule has 0 saturated heterocycles. The molecule has 0 aliphatic rings. The van der Waals surface area contributed by atoms with Crippen LogP contribution in [0, 0.1) is 0 Å². The van der Waals surface area contributed by atoms with Crippen LogP contribution in [0.4, 0.5) is 5.69 Å². The summed E-state index contributed by atoms with van der Waals surface area (Å²) in [5.41, 5.74) is 0.577. The fraction of sp³-hybridized carbons (Fsp3) is 0.118. The highest BCUT2D eigenvalue weighted by Crippen LogP contribution is 2.30. The van der Waals surface area contributed by atoms with E-state index in [2.05, 4.69) is 4.99 Å². The second-order valence-corrected chi connectivity index (χ2v) is 7.51. The standard InChI is InChI=1S/C17H16N2O4S/c1-19(2)24(21,22)13-9-7-12(8-10-13)18-11-16-14-5-3-4-6-15(14)17(20)23-16/h3-11,20H,1-2H3. The van der Waals surface area contributed by atoms with E-state index < -0.39 is 10.0 Å². The zero-order valence-electron chi connectivity index (χ0n) is 13.2. The molecule has 0 saturated carbocycles. The SMILES string of the molecule is CN(C)S(=O)(=O)c1ccc(N=Cc2oc(O)c3ccccc23)cc1. The van der Waals surface area contributed by atoms with Gasteiger partial charge in [0.15, 0.2) is 5.76 Å². The molecule has 0 aliphatic heterocycles. The lowest BCUT2D eigenvalue weighted by Crippen LogP contribution is -2.21. The molecule has 7 heteroatoms. The van der Waals surface area contributed by atoms with Crippen molar-refractivity contribution in [1.82, 2.24) is 4.31 Å². The number of sulfonamides is 1. The Morgan fingerprint density at radius 2 is 1.67 bits per heavy atom. The number of rotatable bonds is 4. The van der Waals surface area contributed by atoms with Gasteiger partial charge in [-0.1, -0.05) is 18.2 Å². The van der Waals surface area contributed by atoms with Crippen LogP contribution >= 0.6 is 0 Å². The van der Waals surface area contributed by atoms with Crippen LogP contribution in [-0.2, 0) is 10.0 Å². The quantitative estimate of drug-likeness (QED) is 0.737. The summed E-state index contributed by atoms with van der Waals surface area (Å²) >= 11 is 0. The lowest BCUT2D eigenvalue weighted by atomic mass is 10.2. The molecule has 0 aliphatic carbocycles. The summed E-state index contributed by atoms with van der Waals surface area (Å²) in [6.45, 7) is 0. The molecule has 0 atom stereocenters. The van der Waals surface area contributed by atoms with E-state index in [0.29, 0.717) is 16.8 Å². The summed E-state index contributed by atoms with van der Waals surface area (Å²) < 4.78 is 30.5. The maximum Gasteiger partial charge on any atom is 0.290 e. The number of fused-ring (bicyclic) bond motifs is 1. The van der Waals surface area contributed by atoms with Crippen LogP contribution in [0.3, 0.4) is 0 Å². The van der Waals surface area contributed by atoms with Gasteiger partial charge in [-0.25, -0.2) is 12.7 Å². The number of hydrogen-bond donors (Lipinski definition) is 1. The summed E-state index contributed by atoms with van der Waals surface area (Å²) in [6.07, 6.45) is 1.50. The van der Waals surface area contributed by atoms with Gasteiger partial charge in [-0.15, -0.1) is 0 Å². The maximum absolute atomic E-state index is 12.0. The first kappa shape index (κ1) is 16.2. The monoisotopic (exact) mass is 344 g/mol. The van der Waals surface area contributed by atoms with Crippen molar-refractivity contribution in [1.29, 1.82) is 0 Å². The molecule has 3 rings (SSSR count). The first-order valence-corrected chi connectivity index (χ1v) is 8.61. The third kappa shape index (κ3) is 2.91. The number of aliphatic imine (C=N–C) groups is 1. The van der Waals surface area contributed by atoms with Crippen molar-refractivity contribution in [3.63, 3.8) is 0 Å². The zero-order valence-corrected chi connectivity index (χ0v) is 14.0. The van der Waals surface area contributed by atoms with Crippen LogP contribution < -0.4 is 0 Å². The number of nitrogens with zero attached hydrogens (tertiary/aromatic N) is 2. The molecular formula is C17H16N2O4S. The highest BCUT2D eigenvalue weighted by Gasteiger charge is 2.16. The van der Waals surface area contributed by atoms with Gasteiger partial charge in [0, 0.05) is 19.5 Å². The van der Waals surface area contributed by atoms with E-state index >= 15 is 0 Å². The van der Waals surface area contributed by atoms with Crippen molar-refractivity contribution < 1.29 is 17.9 Å². The number of benzene rings is 2. The number of furan rings is 1. The molecule has 1 heterocycles. The highest BCUT2D eigenvalue weighted by atomic mass is 32.2. The molecule has 0 fully saturated rings. The van der Waals surface area contributed by atoms with Crippen molar-refractivity contribution in [2.24, 2.45) is 4.99 Å². The first-order valence-electron chi connectivity index (χ1n) is 7.17. The topological polar surface area (TPSA) is 83.1 Å². The number of aromatic hydroxyl groups is 1. The highest BCUT2D eigenvalue weighted by molar-refractivity contribution is 7.89. The molecule has 0 unspecified atom stereocenters. The Hall–Kier alpha value is -2.64. The van der Waals surface area contributed by atoms with Crippen LogP contribution in [-0.4, -0.2) is 38.1 Å². The minimum atomic E-state index is -3.46. The predicted molar refractivity (Wildman–Crippen MR) is 92.4 cm³/mol. The smallest absolute Gasteiger partial charge is 0.290 e. The van der Waals surface area contributed by atoms with E-state index in [1.54, 1.807) is 18.2 Å². The molecule has 124 valence electrons. The van der Waals surface area contributed by atoms with Gasteiger partial charge < -0.3 is 9.52 Å². The molecule has 1 N–H and O–H groups in total. The van der Waals surface area contributed by atoms with Crippen molar-refractivity contribution in [3.05, 3.63) is 54.3 Å². The van der Waals surface area contributed by atoms with Crippen LogP contribution in [0.15, 0.2) is 62.8 Å². The van der Waals surface area contributed by atoms with Gasteiger partial charge in [-0.3, -0.25) is 4.99 Å². The summed E-state index contributed by atoms with van der Waals surface area (Å²) in [4.78, 5) is 4.47. The van der Waals surface area contributed by atoms with E-state index in [4.69, 9.17) is 4.42 Å². The van der Waals surface area contributed by atoms with Gasteiger partial charge in [0.25, 0.3) is 5.95 Å². The average Bonchev–Trinajstić information content (AvgIpc) is 2.90. The average molecular weight is 344 g/mol. The van der Waals surface area contributed by atoms with Crippen molar-refractivity contribution in [2.45, 2.75) is 4.90 Å². The van der Waals surface area contributed by atoms with Crippen LogP contribution in [0.25, 0.3) is 10.8 Å². The normalized spacial score (nSPS) is 12.5. The van der Waals surface area contributed by atoms with Gasteiger partial charge in [-0.2, -0.15) is 0 Å². The van der Waals surface area contributed by atoms with Gasteiger partial charge in [0.05, 0.1) is 22.2 Å². The Morgan fingerprint density at radius 1 is 1.04 bits per heavy atom. The summed E-state index contributed by atoms with van der Waals surface area (Å²) in [6, 6.07) is 13.5. The third-order valence-electron chi connectivity index (χ3n) is 3.58. The summed E-state index contributed by atoms with van der Waals surface area (Å²) in [5, 5.41) is 11.1. The molecular weight excluding hydrogens is 328 g/mol. The van der Waals surface area contributed by atoms with Gasteiger partial charge in [-0.05, 0) is 30.3 Å². The van der Waals surface area contributed by atoms with Crippen LogP contribution in [0.1, 0.15) is 5.76 Å². The van der Waals surface area contributed by atoms with Gasteiger partial charge in [0.1, 0.15) is 0 Å². The fourth-order valence-electron chi connectivity index (χ4n) is 2.24. The molecule has 1 aromatic heterocycles. The van der Waals surface area contributed by atoms with Crippen LogP contribution in [0.2, 0.25) is 0 Å². The maximum atomic E-state index is 12.0. The second-order valence-electron chi connectivity index (χ2n) is 5.36. The molecule has 0 spiro atoms. The molecule has 3 aromatic rings. The Morgan fingerprint density at radius 3 is 2.29 bits per heavy atom. The lowest BCUT2D eigenvalue weighted by molar-refractivity contribution is 0.336. The van der Waals surface area contributed by atoms with Crippen LogP contribution in [0.5, 0.6) is 5.95 Å². The van der Waals surface area contributed by atoms with E-state index in [0.717, 1.165) is 9.69 Å². The minimum absolute atomic E-state index is 0.153. The lowest BCUT2D eigenvalue weighted by Gasteiger charge is -2.10. The summed E-state index contributed by atoms with van der Waals surface area (Å²) in [5.74, 6) is 0.285.